The molecule has 0 aromatic carbocycles. The van der Waals surface area contributed by atoms with Gasteiger partial charge in [0.25, 0.3) is 0 Å². The van der Waals surface area contributed by atoms with Gasteiger partial charge in [-0.1, -0.05) is 0 Å². The molecule has 107 heavy (non-hydrogen) atoms. The van der Waals surface area contributed by atoms with E-state index in [4.69, 9.17) is 54.7 Å². The lowest BCUT2D eigenvalue weighted by molar-refractivity contribution is -0.479. The Labute approximate surface area is 661 Å². The third kappa shape index (κ3) is 80.1. The minimum absolute atomic E-state index is 0.385. The van der Waals surface area contributed by atoms with Gasteiger partial charge in [0, 0.05) is 94.6 Å². The van der Waals surface area contributed by atoms with Gasteiger partial charge in [0.05, 0.1) is 237 Å². The maximum Gasteiger partial charge on any atom is 0.151 e. The van der Waals surface area contributed by atoms with E-state index in [1.54, 1.807) is 0 Å². The first-order valence-electron chi connectivity index (χ1n) is 37.3. The van der Waals surface area contributed by atoms with Crippen LogP contribution in [-0.4, -0.2) is 347 Å². The second-order valence-corrected chi connectivity index (χ2v) is 78.0. The van der Waals surface area contributed by atoms with Crippen LogP contribution in [-0.2, 0) is 88.0 Å². The highest BCUT2D eigenvalue weighted by Crippen LogP contribution is 2.61. The monoisotopic (exact) mass is 1810 g/mol. The van der Waals surface area contributed by atoms with E-state index in [2.05, 4.69) is 145 Å². The predicted molar refractivity (Wildman–Crippen MR) is 468 cm³/mol. The van der Waals surface area contributed by atoms with Crippen molar-refractivity contribution >= 4 is 151 Å². The molecule has 0 fully saturated rings. The van der Waals surface area contributed by atoms with Crippen LogP contribution >= 0.6 is 50.8 Å². The Kier molecular flexibility index (Phi) is 78.5. The third-order valence-corrected chi connectivity index (χ3v) is 66.1. The van der Waals surface area contributed by atoms with Crippen LogP contribution in [0.1, 0.15) is 145 Å². The van der Waals surface area contributed by atoms with E-state index in [0.29, 0.717) is 40.3 Å². The lowest BCUT2D eigenvalue weighted by atomic mass is 10.3. The molecule has 0 bridgehead atoms. The molecule has 0 rings (SSSR count). The summed E-state index contributed by atoms with van der Waals surface area (Å²) in [5, 5.41) is 61.0. The van der Waals surface area contributed by atoms with Gasteiger partial charge in [0.15, 0.2) is 68.9 Å². The Balaban J connectivity index is -0.000000124. The number of carboxylic acids is 4. The molecule has 0 radical (unpaired) electrons. The number of carbonyl (C=O) groups excluding carboxylic acids is 4. The summed E-state index contributed by atoms with van der Waals surface area (Å²) in [4.78, 5) is 35.7. The van der Waals surface area contributed by atoms with Crippen LogP contribution < -0.4 is 35.5 Å². The predicted octanol–water partition coefficient (Wildman–Crippen LogP) is 3.78. The first kappa shape index (κ1) is 128. The molecule has 0 saturated carbocycles. The number of hydrogen-bond donors (Lipinski definition) is 0. The highest BCUT2D eigenvalue weighted by Gasteiger charge is 2.37. The molecule has 0 atom stereocenters. The van der Waals surface area contributed by atoms with Crippen LogP contribution in [0.4, 0.5) is 0 Å². The first-order chi connectivity index (χ1) is 48.2. The molecule has 0 spiro atoms. The van der Waals surface area contributed by atoms with Crippen LogP contribution in [0.2, 0.25) is 0 Å². The molecule has 0 aliphatic heterocycles. The van der Waals surface area contributed by atoms with Crippen LogP contribution in [0, 0.1) is 0 Å². The van der Waals surface area contributed by atoms with E-state index in [0.717, 1.165) is 43.1 Å². The standard InChI is InChI=1S/7C9H22O2PS.2C2H2O4.BO3/c7*1-5-12(6-2,7-3)8-9-13(4,10)11;2*3-1(4)2(5)6;2-1(3)4/h7*5-9H2,1-4H3;2*(H,3,4)(H,5,6);/q7*+1;;;-3/p-4. The Hall–Kier alpha value is 0.485. The van der Waals surface area contributed by atoms with Gasteiger partial charge in [0.1, 0.15) is 0 Å². The molecule has 0 unspecified atom stereocenters. The molecule has 0 heterocycles. The lowest BCUT2D eigenvalue weighted by Crippen LogP contribution is -2.56. The highest BCUT2D eigenvalue weighted by molar-refractivity contribution is 7.93. The number of carbonyl (C=O) groups is 4. The summed E-state index contributed by atoms with van der Waals surface area (Å²) < 4.78 is 155. The van der Waals surface area contributed by atoms with E-state index in [1.165, 1.54) is 173 Å². The van der Waals surface area contributed by atoms with Gasteiger partial charge in [-0.2, -0.15) is 0 Å². The van der Waals surface area contributed by atoms with Crippen LogP contribution in [0.5, 0.6) is 0 Å². The molecule has 40 heteroatoms. The molecule has 0 aliphatic rings. The second kappa shape index (κ2) is 65.5. The fourth-order valence-electron chi connectivity index (χ4n) is 10.5. The van der Waals surface area contributed by atoms with Crippen LogP contribution in [0.25, 0.3) is 0 Å². The van der Waals surface area contributed by atoms with Crippen LogP contribution in [0.15, 0.2) is 0 Å². The number of sulfone groups is 7. The lowest BCUT2D eigenvalue weighted by Gasteiger charge is -2.35. The van der Waals surface area contributed by atoms with E-state index in [-0.39, 0.29) is 0 Å². The largest absolute Gasteiger partial charge is 0.907 e. The summed E-state index contributed by atoms with van der Waals surface area (Å²) in [6.07, 6.45) is 40.8. The van der Waals surface area contributed by atoms with E-state index in [1.807, 2.05) is 0 Å². The minimum Gasteiger partial charge on any atom is -0.907 e. The van der Waals surface area contributed by atoms with Crippen molar-refractivity contribution in [2.24, 2.45) is 0 Å². The summed E-state index contributed by atoms with van der Waals surface area (Å²) in [6, 6.07) is 0. The van der Waals surface area contributed by atoms with E-state index < -0.39 is 151 Å². The number of aliphatic carboxylic acids is 4. The molecular formula is C67H154BO25P7S7. The molecular weight excluding hydrogens is 1660 g/mol. The zero-order valence-electron chi connectivity index (χ0n) is 71.5. The fourth-order valence-corrected chi connectivity index (χ4v) is 46.7. The Morgan fingerprint density at radius 3 is 0.280 bits per heavy atom. The average molecular weight is 1810 g/mol. The maximum absolute atomic E-state index is 11.0. The minimum atomic E-state index is -2.92. The van der Waals surface area contributed by atoms with Crippen molar-refractivity contribution in [2.75, 3.05) is 257 Å². The quantitative estimate of drug-likeness (QED) is 0.0476. The molecule has 652 valence electrons. The second-order valence-electron chi connectivity index (χ2n) is 26.9. The van der Waals surface area contributed by atoms with Crippen molar-refractivity contribution in [3.8, 4) is 0 Å². The van der Waals surface area contributed by atoms with Crippen molar-refractivity contribution in [1.29, 1.82) is 0 Å². The van der Waals surface area contributed by atoms with Gasteiger partial charge < -0.3 is 54.7 Å². The zero-order chi connectivity index (χ0) is 87.6. The van der Waals surface area contributed by atoms with Gasteiger partial charge in [-0.25, -0.2) is 58.9 Å². The Morgan fingerprint density at radius 1 is 0.196 bits per heavy atom. The van der Waals surface area contributed by atoms with Crippen molar-refractivity contribution in [1.82, 2.24) is 0 Å². The first-order valence-corrected chi connectivity index (χ1v) is 69.4. The van der Waals surface area contributed by atoms with Gasteiger partial charge in [-0.05, 0) is 145 Å². The molecule has 0 aliphatic carbocycles. The average Bonchev–Trinajstić information content (AvgIpc) is 0.929. The maximum atomic E-state index is 11.0. The van der Waals surface area contributed by atoms with Gasteiger partial charge in [-0.3, -0.25) is 7.32 Å². The smallest absolute Gasteiger partial charge is 0.151 e. The van der Waals surface area contributed by atoms with Gasteiger partial charge in [-0.15, -0.1) is 0 Å². The molecule has 0 amide bonds. The summed E-state index contributed by atoms with van der Waals surface area (Å²) in [6.45, 7) is 46.1. The topological polar surface area (TPSA) is 469 Å². The summed E-state index contributed by atoms with van der Waals surface area (Å²) in [5.74, 6) is -6.04. The van der Waals surface area contributed by atoms with E-state index >= 15 is 0 Å². The summed E-state index contributed by atoms with van der Waals surface area (Å²) in [5.41, 5.74) is 0. The van der Waals surface area contributed by atoms with Crippen LogP contribution in [0.3, 0.4) is 0 Å². The van der Waals surface area contributed by atoms with Crippen molar-refractivity contribution in [3.63, 3.8) is 0 Å². The molecule has 0 saturated heterocycles. The SMILES string of the molecule is CC[P+](CC)(CC)CCS(C)(=O)=O.CC[P+](CC)(CC)CCS(C)(=O)=O.CC[P+](CC)(CC)CCS(C)(=O)=O.CC[P+](CC)(CC)CCS(C)(=O)=O.CC[P+](CC)(CC)CCS(C)(=O)=O.CC[P+](CC)(CC)CCS(C)(=O)=O.CC[P+](CC)(CC)CCS(C)(=O)=O.O=C([O-])C(=O)[O-].O=C([O-])C(=O)[O-].[O-]B([O-])[O-]. The number of rotatable bonds is 42. The number of hydrogen-bond acceptors (Lipinski definition) is 25. The number of carboxylic acid groups (broad SMARTS) is 4. The molecule has 0 N–H and O–H groups in total. The van der Waals surface area contributed by atoms with E-state index in [9.17, 15) is 58.9 Å². The summed E-state index contributed by atoms with van der Waals surface area (Å²) in [7, 11) is -28.6. The fraction of sp³-hybridized carbons (Fsp3) is 0.940. The third-order valence-electron chi connectivity index (χ3n) is 21.0. The Morgan fingerprint density at radius 2 is 0.252 bits per heavy atom. The normalized spacial score (nSPS) is 12.3. The summed E-state index contributed by atoms with van der Waals surface area (Å²) >= 11 is 0. The van der Waals surface area contributed by atoms with Gasteiger partial charge in [0.2, 0.25) is 0 Å². The van der Waals surface area contributed by atoms with Crippen molar-refractivity contribution in [3.05, 3.63) is 0 Å². The molecule has 25 nitrogen and oxygen atoms in total. The zero-order valence-corrected chi connectivity index (χ0v) is 83.5. The van der Waals surface area contributed by atoms with Crippen molar-refractivity contribution in [2.45, 2.75) is 145 Å². The Bertz CT molecular complexity index is 2520. The van der Waals surface area contributed by atoms with Crippen molar-refractivity contribution < 1.29 is 114 Å². The van der Waals surface area contributed by atoms with Gasteiger partial charge >= 0.3 is 0 Å². The molecule has 0 aromatic rings. The highest BCUT2D eigenvalue weighted by atomic mass is 32.2. The molecule has 0 aromatic heterocycles.